The van der Waals surface area contributed by atoms with Gasteiger partial charge in [-0.05, 0) is 43.4 Å². The van der Waals surface area contributed by atoms with E-state index in [1.807, 2.05) is 32.2 Å². The molecule has 136 valence electrons. The van der Waals surface area contributed by atoms with Crippen molar-refractivity contribution in [1.82, 2.24) is 5.32 Å². The Bertz CT molecular complexity index is 652. The molecule has 6 nitrogen and oxygen atoms in total. The van der Waals surface area contributed by atoms with Gasteiger partial charge in [-0.15, -0.1) is 0 Å². The van der Waals surface area contributed by atoms with Gasteiger partial charge in [0.25, 0.3) is 5.91 Å². The summed E-state index contributed by atoms with van der Waals surface area (Å²) in [4.78, 5) is 13.3. The summed E-state index contributed by atoms with van der Waals surface area (Å²) in [5, 5.41) is 12.2. The first-order valence-electron chi connectivity index (χ1n) is 8.66. The van der Waals surface area contributed by atoms with Crippen molar-refractivity contribution >= 4 is 5.91 Å². The number of benzene rings is 1. The Morgan fingerprint density at radius 2 is 2.04 bits per heavy atom. The van der Waals surface area contributed by atoms with Crippen LogP contribution in [-0.2, 0) is 11.2 Å². The minimum absolute atomic E-state index is 0.0687. The Labute approximate surface area is 149 Å². The molecule has 0 aliphatic heterocycles. The van der Waals surface area contributed by atoms with Gasteiger partial charge in [0.15, 0.2) is 18.0 Å². The van der Waals surface area contributed by atoms with Gasteiger partial charge >= 0.3 is 0 Å². The first-order chi connectivity index (χ1) is 11.9. The van der Waals surface area contributed by atoms with Crippen LogP contribution in [0.5, 0.6) is 11.5 Å². The molecule has 1 amide bonds. The standard InChI is InChI=1S/C19H27N3O3/c1-19(13-20,15-6-7-15)21-18(23)12-22(2)10-9-14-5-8-16(24-3)17(11-14)25-4/h5,8,11,15H,6-7,9-10,12H2,1-4H3,(H,21,23)/p+1/t19-/m1/s1. The molecule has 1 aliphatic rings. The van der Waals surface area contributed by atoms with E-state index in [9.17, 15) is 10.1 Å². The van der Waals surface area contributed by atoms with Crippen LogP contribution in [0, 0.1) is 17.2 Å². The van der Waals surface area contributed by atoms with Crippen LogP contribution in [0.25, 0.3) is 0 Å². The number of ether oxygens (including phenoxy) is 2. The minimum atomic E-state index is -0.722. The molecule has 1 unspecified atom stereocenters. The molecule has 1 aromatic rings. The maximum Gasteiger partial charge on any atom is 0.276 e. The fourth-order valence-electron chi connectivity index (χ4n) is 2.97. The number of nitrogens with zero attached hydrogens (tertiary/aromatic N) is 1. The van der Waals surface area contributed by atoms with Crippen molar-refractivity contribution in [2.45, 2.75) is 31.7 Å². The van der Waals surface area contributed by atoms with E-state index >= 15 is 0 Å². The van der Waals surface area contributed by atoms with Crippen LogP contribution >= 0.6 is 0 Å². The fraction of sp³-hybridized carbons (Fsp3) is 0.579. The molecular weight excluding hydrogens is 318 g/mol. The first kappa shape index (κ1) is 19.1. The van der Waals surface area contributed by atoms with Gasteiger partial charge in [0.1, 0.15) is 5.54 Å². The van der Waals surface area contributed by atoms with Crippen molar-refractivity contribution in [1.29, 1.82) is 5.26 Å². The van der Waals surface area contributed by atoms with E-state index in [4.69, 9.17) is 9.47 Å². The summed E-state index contributed by atoms with van der Waals surface area (Å²) in [5.74, 6) is 1.65. The van der Waals surface area contributed by atoms with Gasteiger partial charge in [0, 0.05) is 6.42 Å². The summed E-state index contributed by atoms with van der Waals surface area (Å²) in [6, 6.07) is 8.12. The van der Waals surface area contributed by atoms with Gasteiger partial charge in [0.2, 0.25) is 0 Å². The second kappa shape index (κ2) is 8.21. The number of carbonyl (C=O) groups is 1. The number of likely N-dealkylation sites (N-methyl/N-ethyl adjacent to an activating group) is 1. The smallest absolute Gasteiger partial charge is 0.276 e. The zero-order valence-electron chi connectivity index (χ0n) is 15.5. The normalized spacial score (nSPS) is 17.1. The van der Waals surface area contributed by atoms with Gasteiger partial charge in [-0.3, -0.25) is 4.79 Å². The van der Waals surface area contributed by atoms with Crippen LogP contribution in [-0.4, -0.2) is 45.8 Å². The topological polar surface area (TPSA) is 75.8 Å². The highest BCUT2D eigenvalue weighted by molar-refractivity contribution is 5.78. The molecule has 0 aromatic heterocycles. The maximum absolute atomic E-state index is 12.2. The fourth-order valence-corrected chi connectivity index (χ4v) is 2.97. The molecule has 0 spiro atoms. The summed E-state index contributed by atoms with van der Waals surface area (Å²) >= 11 is 0. The Balaban J connectivity index is 1.83. The number of rotatable bonds is 9. The quantitative estimate of drug-likeness (QED) is 0.685. The number of carbonyl (C=O) groups excluding carboxylic acids is 1. The van der Waals surface area contributed by atoms with Gasteiger partial charge in [0.05, 0.1) is 33.9 Å². The van der Waals surface area contributed by atoms with Gasteiger partial charge in [-0.1, -0.05) is 6.07 Å². The highest BCUT2D eigenvalue weighted by Gasteiger charge is 2.43. The molecule has 1 fully saturated rings. The number of nitriles is 1. The molecule has 25 heavy (non-hydrogen) atoms. The predicted molar refractivity (Wildman–Crippen MR) is 94.8 cm³/mol. The van der Waals surface area contributed by atoms with Gasteiger partial charge in [-0.2, -0.15) is 5.26 Å². The highest BCUT2D eigenvalue weighted by atomic mass is 16.5. The van der Waals surface area contributed by atoms with Crippen LogP contribution in [0.3, 0.4) is 0 Å². The summed E-state index contributed by atoms with van der Waals surface area (Å²) in [6.07, 6.45) is 2.87. The van der Waals surface area contributed by atoms with Crippen molar-refractivity contribution in [2.24, 2.45) is 5.92 Å². The van der Waals surface area contributed by atoms with E-state index in [2.05, 4.69) is 11.4 Å². The lowest BCUT2D eigenvalue weighted by atomic mass is 9.98. The number of quaternary nitrogens is 1. The largest absolute Gasteiger partial charge is 0.493 e. The van der Waals surface area contributed by atoms with Crippen molar-refractivity contribution in [2.75, 3.05) is 34.4 Å². The lowest BCUT2D eigenvalue weighted by Gasteiger charge is -2.23. The lowest BCUT2D eigenvalue weighted by molar-refractivity contribution is -0.871. The summed E-state index contributed by atoms with van der Waals surface area (Å²) in [6.45, 7) is 2.99. The number of hydrogen-bond acceptors (Lipinski definition) is 4. The summed E-state index contributed by atoms with van der Waals surface area (Å²) in [7, 11) is 5.22. The predicted octanol–water partition coefficient (Wildman–Crippen LogP) is 0.569. The number of hydrogen-bond donors (Lipinski definition) is 2. The summed E-state index contributed by atoms with van der Waals surface area (Å²) < 4.78 is 10.6. The molecule has 0 heterocycles. The van der Waals surface area contributed by atoms with Crippen molar-refractivity contribution in [3.8, 4) is 17.6 Å². The number of nitrogens with one attached hydrogen (secondary N) is 2. The molecule has 1 aliphatic carbocycles. The molecule has 0 saturated heterocycles. The van der Waals surface area contributed by atoms with Crippen molar-refractivity contribution in [3.63, 3.8) is 0 Å². The first-order valence-corrected chi connectivity index (χ1v) is 8.66. The van der Waals surface area contributed by atoms with Crippen molar-refractivity contribution in [3.05, 3.63) is 23.8 Å². The van der Waals surface area contributed by atoms with Crippen LogP contribution in [0.4, 0.5) is 0 Å². The van der Waals surface area contributed by atoms with E-state index in [1.54, 1.807) is 14.2 Å². The van der Waals surface area contributed by atoms with E-state index in [0.717, 1.165) is 36.3 Å². The van der Waals surface area contributed by atoms with Crippen LogP contribution < -0.4 is 19.7 Å². The SMILES string of the molecule is COc1ccc(CC[NH+](C)CC(=O)N[C@](C)(C#N)C2CC2)cc1OC. The molecule has 2 rings (SSSR count). The van der Waals surface area contributed by atoms with E-state index in [0.29, 0.717) is 24.0 Å². The second-order valence-corrected chi connectivity index (χ2v) is 6.96. The molecule has 2 N–H and O–H groups in total. The zero-order valence-corrected chi connectivity index (χ0v) is 15.5. The molecule has 0 bridgehead atoms. The highest BCUT2D eigenvalue weighted by Crippen LogP contribution is 2.39. The molecular formula is C19H28N3O3+. The third-order valence-corrected chi connectivity index (χ3v) is 4.78. The van der Waals surface area contributed by atoms with E-state index in [1.165, 1.54) is 0 Å². The van der Waals surface area contributed by atoms with E-state index < -0.39 is 5.54 Å². The van der Waals surface area contributed by atoms with Crippen molar-refractivity contribution < 1.29 is 19.2 Å². The maximum atomic E-state index is 12.2. The molecule has 0 radical (unpaired) electrons. The third kappa shape index (κ3) is 5.10. The number of methoxy groups -OCH3 is 2. The molecule has 1 saturated carbocycles. The molecule has 1 aromatic carbocycles. The Kier molecular flexibility index (Phi) is 6.27. The summed E-state index contributed by atoms with van der Waals surface area (Å²) in [5.41, 5.74) is 0.415. The van der Waals surface area contributed by atoms with Gasteiger partial charge < -0.3 is 19.7 Å². The Morgan fingerprint density at radius 1 is 1.36 bits per heavy atom. The van der Waals surface area contributed by atoms with Crippen LogP contribution in [0.1, 0.15) is 25.3 Å². The monoisotopic (exact) mass is 346 g/mol. The molecule has 6 heteroatoms. The van der Waals surface area contributed by atoms with Gasteiger partial charge in [-0.25, -0.2) is 0 Å². The number of amides is 1. The third-order valence-electron chi connectivity index (χ3n) is 4.78. The molecule has 2 atom stereocenters. The minimum Gasteiger partial charge on any atom is -0.493 e. The zero-order chi connectivity index (χ0) is 18.4. The van der Waals surface area contributed by atoms with Crippen LogP contribution in [0.2, 0.25) is 0 Å². The average molecular weight is 346 g/mol. The lowest BCUT2D eigenvalue weighted by Crippen LogP contribution is -3.10. The van der Waals surface area contributed by atoms with E-state index in [-0.39, 0.29) is 5.91 Å². The average Bonchev–Trinajstić information content (AvgIpc) is 3.44. The Morgan fingerprint density at radius 3 is 2.60 bits per heavy atom. The van der Waals surface area contributed by atoms with Crippen LogP contribution in [0.15, 0.2) is 18.2 Å². The Hall–Kier alpha value is -2.26. The second-order valence-electron chi connectivity index (χ2n) is 6.96.